The lowest BCUT2D eigenvalue weighted by Gasteiger charge is -1.79. The van der Waals surface area contributed by atoms with Gasteiger partial charge in [-0.15, -0.1) is 11.3 Å². The Morgan fingerprint density at radius 2 is 2.50 bits per heavy atom. The van der Waals surface area contributed by atoms with Crippen LogP contribution in [0.25, 0.3) is 0 Å². The number of carbonyl (C=O) groups excluding carboxylic acids is 1. The van der Waals surface area contributed by atoms with Crippen molar-refractivity contribution >= 4 is 35.2 Å². The average Bonchev–Trinajstić information content (AvgIpc) is 2.30. The van der Waals surface area contributed by atoms with Crippen molar-refractivity contribution in [2.75, 3.05) is 12.0 Å². The number of rotatable bonds is 2. The number of hydrogen-bond donors (Lipinski definition) is 1. The van der Waals surface area contributed by atoms with Crippen LogP contribution in [0.2, 0.25) is 0 Å². The molecule has 0 radical (unpaired) electrons. The number of nitrogen functional groups attached to an aromatic ring is 1. The molecule has 5 heteroatoms. The molecule has 10 heavy (non-hydrogen) atoms. The van der Waals surface area contributed by atoms with Crippen LogP contribution >= 0.6 is 23.1 Å². The first-order valence-electron chi connectivity index (χ1n) is 2.53. The van der Waals surface area contributed by atoms with E-state index in [-0.39, 0.29) is 0 Å². The summed E-state index contributed by atoms with van der Waals surface area (Å²) in [6, 6.07) is 0. The Balaban J connectivity index is 3.03. The summed E-state index contributed by atoms with van der Waals surface area (Å²) in [5.74, 6) is 0.337. The topological polar surface area (TPSA) is 56.0 Å². The first-order chi connectivity index (χ1) is 4.77. The highest BCUT2D eigenvalue weighted by Gasteiger charge is 2.04. The SMILES string of the molecule is CSc1nc(N)c(C=O)s1. The fraction of sp³-hybridized carbons (Fsp3) is 0.200. The number of carbonyl (C=O) groups is 1. The number of aldehydes is 1. The standard InChI is InChI=1S/C5H6N2OS2/c1-9-5-7-4(6)3(2-8)10-5/h2H,6H2,1H3. The van der Waals surface area contributed by atoms with Crippen LogP contribution < -0.4 is 5.73 Å². The average molecular weight is 174 g/mol. The normalized spacial score (nSPS) is 9.70. The van der Waals surface area contributed by atoms with Gasteiger partial charge in [-0.25, -0.2) is 4.98 Å². The summed E-state index contributed by atoms with van der Waals surface area (Å²) in [7, 11) is 0. The van der Waals surface area contributed by atoms with Crippen LogP contribution in [0.15, 0.2) is 4.34 Å². The summed E-state index contributed by atoms with van der Waals surface area (Å²) in [4.78, 5) is 14.7. The van der Waals surface area contributed by atoms with Crippen molar-refractivity contribution < 1.29 is 4.79 Å². The van der Waals surface area contributed by atoms with Crippen LogP contribution in [0.1, 0.15) is 9.67 Å². The molecule has 0 bridgehead atoms. The lowest BCUT2D eigenvalue weighted by atomic mass is 10.6. The molecule has 0 amide bonds. The van der Waals surface area contributed by atoms with E-state index in [2.05, 4.69) is 4.98 Å². The largest absolute Gasteiger partial charge is 0.382 e. The maximum atomic E-state index is 10.2. The lowest BCUT2D eigenvalue weighted by molar-refractivity contribution is 0.112. The molecule has 0 aromatic carbocycles. The van der Waals surface area contributed by atoms with E-state index in [1.165, 1.54) is 23.1 Å². The zero-order chi connectivity index (χ0) is 7.56. The van der Waals surface area contributed by atoms with Crippen molar-refractivity contribution in [2.45, 2.75) is 4.34 Å². The highest BCUT2D eigenvalue weighted by atomic mass is 32.2. The molecule has 1 rings (SSSR count). The maximum absolute atomic E-state index is 10.2. The van der Waals surface area contributed by atoms with E-state index >= 15 is 0 Å². The molecule has 54 valence electrons. The molecule has 0 aliphatic heterocycles. The van der Waals surface area contributed by atoms with E-state index < -0.39 is 0 Å². The Morgan fingerprint density at radius 3 is 2.80 bits per heavy atom. The van der Waals surface area contributed by atoms with Crippen molar-refractivity contribution in [1.82, 2.24) is 4.98 Å². The van der Waals surface area contributed by atoms with Crippen molar-refractivity contribution in [2.24, 2.45) is 0 Å². The van der Waals surface area contributed by atoms with E-state index in [0.29, 0.717) is 10.7 Å². The predicted molar refractivity (Wildman–Crippen MR) is 43.7 cm³/mol. The Hall–Kier alpha value is -0.550. The smallest absolute Gasteiger partial charge is 0.163 e. The summed E-state index contributed by atoms with van der Waals surface area (Å²) >= 11 is 2.81. The number of anilines is 1. The van der Waals surface area contributed by atoms with E-state index in [4.69, 9.17) is 5.73 Å². The lowest BCUT2D eigenvalue weighted by Crippen LogP contribution is -1.87. The minimum absolute atomic E-state index is 0.337. The van der Waals surface area contributed by atoms with Crippen molar-refractivity contribution in [3.8, 4) is 0 Å². The number of hydrogen-bond acceptors (Lipinski definition) is 5. The van der Waals surface area contributed by atoms with Crippen LogP contribution in [0.4, 0.5) is 5.82 Å². The molecule has 0 saturated carbocycles. The molecule has 1 aromatic heterocycles. The molecule has 0 aliphatic rings. The molecule has 0 unspecified atom stereocenters. The zero-order valence-corrected chi connectivity index (χ0v) is 6.96. The van der Waals surface area contributed by atoms with Crippen molar-refractivity contribution in [1.29, 1.82) is 0 Å². The van der Waals surface area contributed by atoms with Gasteiger partial charge < -0.3 is 5.73 Å². The van der Waals surface area contributed by atoms with Crippen LogP contribution in [0.3, 0.4) is 0 Å². The van der Waals surface area contributed by atoms with E-state index in [1.807, 2.05) is 6.26 Å². The van der Waals surface area contributed by atoms with Gasteiger partial charge in [0.15, 0.2) is 10.6 Å². The van der Waals surface area contributed by atoms with Gasteiger partial charge in [0, 0.05) is 0 Å². The predicted octanol–water partition coefficient (Wildman–Crippen LogP) is 1.26. The minimum atomic E-state index is 0.337. The van der Waals surface area contributed by atoms with Crippen molar-refractivity contribution in [3.63, 3.8) is 0 Å². The van der Waals surface area contributed by atoms with Gasteiger partial charge in [-0.2, -0.15) is 0 Å². The molecule has 1 heterocycles. The second-order valence-corrected chi connectivity index (χ2v) is 3.64. The summed E-state index contributed by atoms with van der Waals surface area (Å²) in [5.41, 5.74) is 5.38. The summed E-state index contributed by atoms with van der Waals surface area (Å²) in [6.07, 6.45) is 2.62. The van der Waals surface area contributed by atoms with Gasteiger partial charge in [0.25, 0.3) is 0 Å². The zero-order valence-electron chi connectivity index (χ0n) is 5.33. The highest BCUT2D eigenvalue weighted by molar-refractivity contribution is 8.00. The third-order valence-electron chi connectivity index (χ3n) is 0.943. The Kier molecular flexibility index (Phi) is 2.29. The Bertz CT molecular complexity index is 246. The van der Waals surface area contributed by atoms with Gasteiger partial charge >= 0.3 is 0 Å². The third kappa shape index (κ3) is 1.30. The third-order valence-corrected chi connectivity index (χ3v) is 2.92. The van der Waals surface area contributed by atoms with Gasteiger partial charge in [0.05, 0.1) is 0 Å². The summed E-state index contributed by atoms with van der Waals surface area (Å²) in [5, 5.41) is 0. The second kappa shape index (κ2) is 3.03. The first kappa shape index (κ1) is 7.56. The van der Waals surface area contributed by atoms with Gasteiger partial charge in [0.1, 0.15) is 10.7 Å². The molecule has 2 N–H and O–H groups in total. The van der Waals surface area contributed by atoms with Crippen LogP contribution in [-0.4, -0.2) is 17.5 Å². The molecular formula is C5H6N2OS2. The van der Waals surface area contributed by atoms with Crippen molar-refractivity contribution in [3.05, 3.63) is 4.88 Å². The summed E-state index contributed by atoms with van der Waals surface area (Å²) in [6.45, 7) is 0. The Morgan fingerprint density at radius 1 is 1.80 bits per heavy atom. The fourth-order valence-corrected chi connectivity index (χ4v) is 1.82. The van der Waals surface area contributed by atoms with Gasteiger partial charge in [-0.1, -0.05) is 11.8 Å². The van der Waals surface area contributed by atoms with Crippen LogP contribution in [0, 0.1) is 0 Å². The van der Waals surface area contributed by atoms with Gasteiger partial charge in [-0.05, 0) is 6.26 Å². The number of aromatic nitrogens is 1. The minimum Gasteiger partial charge on any atom is -0.382 e. The molecule has 0 saturated heterocycles. The molecule has 0 aliphatic carbocycles. The highest BCUT2D eigenvalue weighted by Crippen LogP contribution is 2.25. The van der Waals surface area contributed by atoms with Crippen LogP contribution in [-0.2, 0) is 0 Å². The van der Waals surface area contributed by atoms with E-state index in [1.54, 1.807) is 0 Å². The molecule has 3 nitrogen and oxygen atoms in total. The number of thiazole rings is 1. The molecule has 0 fully saturated rings. The number of thioether (sulfide) groups is 1. The molecule has 1 aromatic rings. The quantitative estimate of drug-likeness (QED) is 0.541. The van der Waals surface area contributed by atoms with Crippen LogP contribution in [0.5, 0.6) is 0 Å². The van der Waals surface area contributed by atoms with Gasteiger partial charge in [-0.3, -0.25) is 4.79 Å². The maximum Gasteiger partial charge on any atom is 0.163 e. The van der Waals surface area contributed by atoms with E-state index in [0.717, 1.165) is 10.6 Å². The number of nitrogens with two attached hydrogens (primary N) is 1. The monoisotopic (exact) mass is 174 g/mol. The fourth-order valence-electron chi connectivity index (χ4n) is 0.494. The number of nitrogens with zero attached hydrogens (tertiary/aromatic N) is 1. The van der Waals surface area contributed by atoms with E-state index in [9.17, 15) is 4.79 Å². The molecule has 0 atom stereocenters. The Labute approximate surface area is 66.6 Å². The summed E-state index contributed by atoms with van der Waals surface area (Å²) < 4.78 is 0.833. The second-order valence-electron chi connectivity index (χ2n) is 1.55. The van der Waals surface area contributed by atoms with Gasteiger partial charge in [0.2, 0.25) is 0 Å². The molecule has 0 spiro atoms. The first-order valence-corrected chi connectivity index (χ1v) is 4.57. The molecular weight excluding hydrogens is 168 g/mol.